The summed E-state index contributed by atoms with van der Waals surface area (Å²) in [4.78, 5) is 12.8. The maximum absolute atomic E-state index is 12.8. The highest BCUT2D eigenvalue weighted by molar-refractivity contribution is 5.73. The van der Waals surface area contributed by atoms with Gasteiger partial charge in [-0.1, -0.05) is 60.7 Å². The van der Waals surface area contributed by atoms with E-state index in [0.717, 1.165) is 44.1 Å². The zero-order valence-corrected chi connectivity index (χ0v) is 22.7. The number of allylic oxidation sites excluding steroid dienone is 3. The van der Waals surface area contributed by atoms with E-state index in [0.29, 0.717) is 30.1 Å². The van der Waals surface area contributed by atoms with Crippen LogP contribution in [0.1, 0.15) is 65.0 Å². The second-order valence-electron chi connectivity index (χ2n) is 11.7. The summed E-state index contributed by atoms with van der Waals surface area (Å²) >= 11 is 0. The smallest absolute Gasteiger partial charge is 0.310 e. The number of rotatable bonds is 8. The van der Waals surface area contributed by atoms with Gasteiger partial charge in [0.15, 0.2) is 0 Å². The normalized spacial score (nSPS) is 28.3. The molecule has 0 aromatic heterocycles. The molecule has 3 aliphatic carbocycles. The lowest BCUT2D eigenvalue weighted by Gasteiger charge is -2.22. The number of carbonyl (C=O) groups is 1. The first kappa shape index (κ1) is 26.5. The molecule has 2 nitrogen and oxygen atoms in total. The van der Waals surface area contributed by atoms with Gasteiger partial charge in [-0.25, -0.2) is 0 Å². The summed E-state index contributed by atoms with van der Waals surface area (Å²) in [5, 5.41) is 0. The minimum atomic E-state index is -0.140. The van der Waals surface area contributed by atoms with Crippen molar-refractivity contribution < 1.29 is 9.53 Å². The molecule has 0 bridgehead atoms. The minimum Gasteiger partial charge on any atom is -0.461 e. The fourth-order valence-electron chi connectivity index (χ4n) is 7.13. The molecule has 0 saturated heterocycles. The van der Waals surface area contributed by atoms with E-state index in [4.69, 9.17) is 4.74 Å². The van der Waals surface area contributed by atoms with Crippen LogP contribution in [0.3, 0.4) is 0 Å². The van der Waals surface area contributed by atoms with Crippen LogP contribution in [-0.4, -0.2) is 12.1 Å². The van der Waals surface area contributed by atoms with Gasteiger partial charge in [-0.15, -0.1) is 26.3 Å². The highest BCUT2D eigenvalue weighted by atomic mass is 16.5. The number of ether oxygens (including phenoxy) is 1. The summed E-state index contributed by atoms with van der Waals surface area (Å²) in [7, 11) is 0. The largest absolute Gasteiger partial charge is 0.461 e. The van der Waals surface area contributed by atoms with E-state index in [2.05, 4.69) is 74.9 Å². The molecule has 2 saturated carbocycles. The minimum absolute atomic E-state index is 0.0811. The summed E-state index contributed by atoms with van der Waals surface area (Å²) in [6, 6.07) is 13.8. The molecule has 0 heterocycles. The number of esters is 1. The SMILES string of the molecule is C=CC1CC(C=C)C(OC(=O)Cc2ccc3c(c2)CCc2ccc(C4CC(C=C)CC4C=C)cc2CC3)C1. The van der Waals surface area contributed by atoms with Gasteiger partial charge in [-0.2, -0.15) is 0 Å². The molecule has 6 unspecified atom stereocenters. The lowest BCUT2D eigenvalue weighted by molar-refractivity contribution is -0.149. The number of benzene rings is 2. The Balaban J connectivity index is 1.25. The molecule has 2 aromatic carbocycles. The zero-order valence-electron chi connectivity index (χ0n) is 22.7. The van der Waals surface area contributed by atoms with Gasteiger partial charge in [0.2, 0.25) is 0 Å². The van der Waals surface area contributed by atoms with Gasteiger partial charge >= 0.3 is 5.97 Å². The van der Waals surface area contributed by atoms with Crippen LogP contribution in [0.5, 0.6) is 0 Å². The molecule has 0 amide bonds. The molecule has 0 N–H and O–H groups in total. The van der Waals surface area contributed by atoms with E-state index in [1.54, 1.807) is 0 Å². The van der Waals surface area contributed by atoms with Crippen LogP contribution in [0.2, 0.25) is 0 Å². The van der Waals surface area contributed by atoms with Crippen molar-refractivity contribution >= 4 is 5.97 Å². The molecular weight excluding hydrogens is 464 g/mol. The van der Waals surface area contributed by atoms with Gasteiger partial charge in [0.05, 0.1) is 6.42 Å². The van der Waals surface area contributed by atoms with E-state index in [9.17, 15) is 4.79 Å². The molecule has 0 radical (unpaired) electrons. The average Bonchev–Trinajstić information content (AvgIpc) is 3.53. The van der Waals surface area contributed by atoms with Crippen molar-refractivity contribution in [3.8, 4) is 0 Å². The molecule has 0 spiro atoms. The molecule has 2 fully saturated rings. The van der Waals surface area contributed by atoms with E-state index >= 15 is 0 Å². The highest BCUT2D eigenvalue weighted by Crippen LogP contribution is 2.44. The monoisotopic (exact) mass is 506 g/mol. The molecule has 0 aliphatic heterocycles. The van der Waals surface area contributed by atoms with E-state index < -0.39 is 0 Å². The van der Waals surface area contributed by atoms with Crippen molar-refractivity contribution in [3.63, 3.8) is 0 Å². The van der Waals surface area contributed by atoms with Crippen molar-refractivity contribution in [3.05, 3.63) is 120 Å². The molecule has 5 rings (SSSR count). The maximum Gasteiger partial charge on any atom is 0.310 e. The number of fused-ring (bicyclic) bond motifs is 2. The van der Waals surface area contributed by atoms with E-state index in [1.165, 1.54) is 40.7 Å². The Labute approximate surface area is 229 Å². The number of aryl methyl sites for hydroxylation is 4. The molecule has 6 atom stereocenters. The van der Waals surface area contributed by atoms with Gasteiger partial charge in [-0.05, 0) is 108 Å². The summed E-state index contributed by atoms with van der Waals surface area (Å²) in [6.07, 6.45) is 16.7. The van der Waals surface area contributed by atoms with Crippen molar-refractivity contribution in [2.75, 3.05) is 0 Å². The molecule has 3 aliphatic rings. The van der Waals surface area contributed by atoms with Gasteiger partial charge in [0, 0.05) is 5.92 Å². The van der Waals surface area contributed by atoms with Crippen molar-refractivity contribution in [1.29, 1.82) is 0 Å². The quantitative estimate of drug-likeness (QED) is 0.269. The molecule has 2 aromatic rings. The Bertz CT molecular complexity index is 1220. The van der Waals surface area contributed by atoms with Gasteiger partial charge in [-0.3, -0.25) is 4.79 Å². The predicted molar refractivity (Wildman–Crippen MR) is 157 cm³/mol. The standard InChI is InChI=1S/C36H42O2/c1-5-24-17-27(7-3)34(20-24)33-16-13-30-11-14-31-19-26(9-10-29(31)12-15-32(30)23-33)22-36(37)38-35-21-25(6-2)18-28(35)8-4/h5-10,13,16,19,23-25,27-28,34-35H,1-4,11-12,14-15,17-18,20-22H2. The van der Waals surface area contributed by atoms with Crippen LogP contribution in [-0.2, 0) is 41.6 Å². The lowest BCUT2D eigenvalue weighted by atomic mass is 9.83. The second kappa shape index (κ2) is 11.7. The first-order valence-electron chi connectivity index (χ1n) is 14.4. The Hall–Kier alpha value is -3.13. The molecule has 198 valence electrons. The maximum atomic E-state index is 12.8. The number of carbonyl (C=O) groups excluding carboxylic acids is 1. The third kappa shape index (κ3) is 5.65. The van der Waals surface area contributed by atoms with Crippen molar-refractivity contribution in [2.45, 2.75) is 69.8 Å². The van der Waals surface area contributed by atoms with Crippen molar-refractivity contribution in [1.82, 2.24) is 0 Å². The molecule has 38 heavy (non-hydrogen) atoms. The summed E-state index contributed by atoms with van der Waals surface area (Å²) < 4.78 is 5.90. The van der Waals surface area contributed by atoms with E-state index in [1.807, 2.05) is 12.2 Å². The van der Waals surface area contributed by atoms with Crippen molar-refractivity contribution in [2.24, 2.45) is 23.7 Å². The third-order valence-electron chi connectivity index (χ3n) is 9.40. The van der Waals surface area contributed by atoms with Crippen LogP contribution >= 0.6 is 0 Å². The number of hydrogen-bond acceptors (Lipinski definition) is 2. The second-order valence-corrected chi connectivity index (χ2v) is 11.7. The van der Waals surface area contributed by atoms with Crippen LogP contribution in [0, 0.1) is 23.7 Å². The van der Waals surface area contributed by atoms with Gasteiger partial charge in [0.1, 0.15) is 6.10 Å². The van der Waals surface area contributed by atoms with E-state index in [-0.39, 0.29) is 18.0 Å². The lowest BCUT2D eigenvalue weighted by Crippen LogP contribution is -2.22. The van der Waals surface area contributed by atoms with Gasteiger partial charge in [0.25, 0.3) is 0 Å². The molecule has 2 heteroatoms. The topological polar surface area (TPSA) is 26.3 Å². The Morgan fingerprint density at radius 2 is 1.32 bits per heavy atom. The Morgan fingerprint density at radius 3 is 2.00 bits per heavy atom. The predicted octanol–water partition coefficient (Wildman–Crippen LogP) is 7.90. The van der Waals surface area contributed by atoms with Crippen LogP contribution in [0.4, 0.5) is 0 Å². The Morgan fingerprint density at radius 1 is 0.711 bits per heavy atom. The zero-order chi connectivity index (χ0) is 26.6. The summed E-state index contributed by atoms with van der Waals surface area (Å²) in [5.41, 5.74) is 8.26. The fraction of sp³-hybridized carbons (Fsp3) is 0.417. The third-order valence-corrected chi connectivity index (χ3v) is 9.40. The number of hydrogen-bond donors (Lipinski definition) is 0. The van der Waals surface area contributed by atoms with Crippen LogP contribution in [0.15, 0.2) is 87.0 Å². The first-order valence-corrected chi connectivity index (χ1v) is 14.4. The first-order chi connectivity index (χ1) is 18.5. The highest BCUT2D eigenvalue weighted by Gasteiger charge is 2.34. The van der Waals surface area contributed by atoms with Gasteiger partial charge < -0.3 is 4.74 Å². The fourth-order valence-corrected chi connectivity index (χ4v) is 7.13. The summed E-state index contributed by atoms with van der Waals surface area (Å²) in [5.74, 6) is 2.16. The summed E-state index contributed by atoms with van der Waals surface area (Å²) in [6.45, 7) is 16.0. The Kier molecular flexibility index (Phi) is 8.17. The van der Waals surface area contributed by atoms with Crippen LogP contribution in [0.25, 0.3) is 0 Å². The average molecular weight is 507 g/mol. The van der Waals surface area contributed by atoms with Crippen LogP contribution < -0.4 is 0 Å². The molecular formula is C36H42O2.